The van der Waals surface area contributed by atoms with Crippen molar-refractivity contribution in [2.75, 3.05) is 37.6 Å². The van der Waals surface area contributed by atoms with Crippen LogP contribution in [0.3, 0.4) is 0 Å². The summed E-state index contributed by atoms with van der Waals surface area (Å²) >= 11 is 6.33. The molecule has 11 heteroatoms. The van der Waals surface area contributed by atoms with Crippen molar-refractivity contribution in [1.82, 2.24) is 20.3 Å². The van der Waals surface area contributed by atoms with Crippen LogP contribution in [-0.4, -0.2) is 63.8 Å². The quantitative estimate of drug-likeness (QED) is 0.415. The molecule has 0 radical (unpaired) electrons. The maximum Gasteiger partial charge on any atom is 0.257 e. The Kier molecular flexibility index (Phi) is 5.86. The molecule has 1 fully saturated rings. The van der Waals surface area contributed by atoms with E-state index in [2.05, 4.69) is 9.97 Å². The molecule has 1 saturated heterocycles. The van der Waals surface area contributed by atoms with Gasteiger partial charge in [0.2, 0.25) is 0 Å². The minimum atomic E-state index is -0.857. The van der Waals surface area contributed by atoms with Gasteiger partial charge in [0.1, 0.15) is 29.2 Å². The number of phenols is 1. The van der Waals surface area contributed by atoms with E-state index in [0.717, 1.165) is 6.07 Å². The molecule has 1 aliphatic heterocycles. The highest BCUT2D eigenvalue weighted by Gasteiger charge is 2.25. The molecular formula is C20H18ClF2N5O3. The van der Waals surface area contributed by atoms with Crippen LogP contribution in [0, 0.1) is 11.6 Å². The monoisotopic (exact) mass is 449 g/mol. The first kappa shape index (κ1) is 21.2. The number of halogens is 3. The van der Waals surface area contributed by atoms with Crippen molar-refractivity contribution in [2.45, 2.75) is 0 Å². The van der Waals surface area contributed by atoms with E-state index in [1.54, 1.807) is 5.48 Å². The minimum absolute atomic E-state index is 0.0471. The van der Waals surface area contributed by atoms with E-state index in [1.807, 2.05) is 9.80 Å². The van der Waals surface area contributed by atoms with E-state index in [9.17, 15) is 14.3 Å². The number of benzene rings is 2. The number of phenolic OH excluding ortho intramolecular Hbond substituents is 1. The molecule has 1 aliphatic rings. The summed E-state index contributed by atoms with van der Waals surface area (Å²) < 4.78 is 29.8. The van der Waals surface area contributed by atoms with Crippen LogP contribution in [0.15, 0.2) is 30.6 Å². The summed E-state index contributed by atoms with van der Waals surface area (Å²) in [6.45, 7) is 2.11. The number of nitrogens with zero attached hydrogens (tertiary/aromatic N) is 4. The summed E-state index contributed by atoms with van der Waals surface area (Å²) in [5.41, 5.74) is 0.956. The maximum atomic E-state index is 15.4. The fourth-order valence-electron chi connectivity index (χ4n) is 3.71. The van der Waals surface area contributed by atoms with Crippen LogP contribution in [0.2, 0.25) is 5.02 Å². The van der Waals surface area contributed by atoms with Crippen LogP contribution in [0.25, 0.3) is 22.0 Å². The van der Waals surface area contributed by atoms with Gasteiger partial charge in [0.25, 0.3) is 5.91 Å². The number of carbonyl (C=O) groups excluding carboxylic acids is 1. The molecule has 0 saturated carbocycles. The number of fused-ring (bicyclic) bond motifs is 1. The number of hydroxylamine groups is 1. The van der Waals surface area contributed by atoms with Crippen LogP contribution >= 0.6 is 11.6 Å². The Morgan fingerprint density at radius 1 is 1.16 bits per heavy atom. The van der Waals surface area contributed by atoms with Gasteiger partial charge in [-0.1, -0.05) is 17.7 Å². The molecule has 2 aromatic carbocycles. The summed E-state index contributed by atoms with van der Waals surface area (Å²) in [6, 6.07) is 5.13. The van der Waals surface area contributed by atoms with Gasteiger partial charge in [-0.3, -0.25) is 14.9 Å². The van der Waals surface area contributed by atoms with E-state index in [-0.39, 0.29) is 28.2 Å². The summed E-state index contributed by atoms with van der Waals surface area (Å²) in [6.07, 6.45) is 1.21. The van der Waals surface area contributed by atoms with Gasteiger partial charge >= 0.3 is 0 Å². The van der Waals surface area contributed by atoms with Crippen LogP contribution in [0.4, 0.5) is 14.6 Å². The number of hydrogen-bond acceptors (Lipinski definition) is 7. The predicted octanol–water partition coefficient (Wildman–Crippen LogP) is 2.56. The number of carbonyl (C=O) groups is 1. The van der Waals surface area contributed by atoms with Crippen molar-refractivity contribution in [2.24, 2.45) is 0 Å². The minimum Gasteiger partial charge on any atom is -0.507 e. The predicted molar refractivity (Wildman–Crippen MR) is 110 cm³/mol. The second-order valence-corrected chi connectivity index (χ2v) is 7.48. The second-order valence-electron chi connectivity index (χ2n) is 7.07. The molecule has 4 rings (SSSR count). The number of aromatic hydroxyl groups is 1. The first-order chi connectivity index (χ1) is 14.9. The third-order valence-corrected chi connectivity index (χ3v) is 5.50. The first-order valence-corrected chi connectivity index (χ1v) is 9.79. The Balaban J connectivity index is 1.72. The van der Waals surface area contributed by atoms with Gasteiger partial charge in [-0.15, -0.1) is 0 Å². The first-order valence-electron chi connectivity index (χ1n) is 9.41. The smallest absolute Gasteiger partial charge is 0.257 e. The van der Waals surface area contributed by atoms with Crippen molar-refractivity contribution >= 4 is 34.2 Å². The molecule has 3 N–H and O–H groups in total. The van der Waals surface area contributed by atoms with Gasteiger partial charge in [0, 0.05) is 37.1 Å². The third kappa shape index (κ3) is 3.97. The summed E-state index contributed by atoms with van der Waals surface area (Å²) in [5, 5.41) is 19.0. The van der Waals surface area contributed by atoms with E-state index in [0.29, 0.717) is 37.4 Å². The lowest BCUT2D eigenvalue weighted by Crippen LogP contribution is -2.49. The molecule has 1 amide bonds. The number of nitrogens with one attached hydrogen (secondary N) is 1. The van der Waals surface area contributed by atoms with Gasteiger partial charge in [0.05, 0.1) is 17.1 Å². The highest BCUT2D eigenvalue weighted by Crippen LogP contribution is 2.42. The van der Waals surface area contributed by atoms with Crippen molar-refractivity contribution in [3.8, 4) is 16.9 Å². The van der Waals surface area contributed by atoms with Crippen LogP contribution < -0.4 is 10.4 Å². The Morgan fingerprint density at radius 2 is 1.90 bits per heavy atom. The van der Waals surface area contributed by atoms with Crippen molar-refractivity contribution in [3.05, 3.63) is 47.2 Å². The molecule has 0 aliphatic carbocycles. The average Bonchev–Trinajstić information content (AvgIpc) is 2.76. The zero-order chi connectivity index (χ0) is 22.1. The summed E-state index contributed by atoms with van der Waals surface area (Å²) in [7, 11) is 0. The van der Waals surface area contributed by atoms with E-state index in [4.69, 9.17) is 16.8 Å². The average molecular weight is 450 g/mol. The fraction of sp³-hybridized carbons (Fsp3) is 0.250. The van der Waals surface area contributed by atoms with Crippen LogP contribution in [0.5, 0.6) is 5.75 Å². The molecule has 162 valence electrons. The highest BCUT2D eigenvalue weighted by atomic mass is 35.5. The molecule has 0 unspecified atom stereocenters. The maximum absolute atomic E-state index is 15.4. The van der Waals surface area contributed by atoms with Crippen molar-refractivity contribution in [3.63, 3.8) is 0 Å². The molecule has 3 aromatic rings. The number of anilines is 1. The Morgan fingerprint density at radius 3 is 2.58 bits per heavy atom. The number of rotatable bonds is 4. The second kappa shape index (κ2) is 8.58. The molecule has 0 spiro atoms. The van der Waals surface area contributed by atoms with Gasteiger partial charge < -0.3 is 10.0 Å². The third-order valence-electron chi connectivity index (χ3n) is 5.21. The van der Waals surface area contributed by atoms with E-state index in [1.165, 1.54) is 24.5 Å². The molecule has 1 aromatic heterocycles. The van der Waals surface area contributed by atoms with Crippen LogP contribution in [-0.2, 0) is 4.79 Å². The number of aromatic nitrogens is 2. The Bertz CT molecular complexity index is 1140. The molecule has 0 atom stereocenters. The molecular weight excluding hydrogens is 432 g/mol. The standard InChI is InChI=1S/C20H18ClF2N5O3/c21-12-8-11-19(18(23)16(12)17-13(22)2-1-3-14(17)29)24-10-25-20(11)28-6-4-27(5-7-28)9-15(30)26-31/h1-3,8,10,29,31H,4-7,9H2,(H,26,30). The van der Waals surface area contributed by atoms with Gasteiger partial charge in [0.15, 0.2) is 5.82 Å². The Hall–Kier alpha value is -3.08. The highest BCUT2D eigenvalue weighted by molar-refractivity contribution is 6.34. The van der Waals surface area contributed by atoms with Crippen molar-refractivity contribution in [1.29, 1.82) is 0 Å². The number of hydrogen-bond donors (Lipinski definition) is 3. The summed E-state index contributed by atoms with van der Waals surface area (Å²) in [4.78, 5) is 23.4. The zero-order valence-electron chi connectivity index (χ0n) is 16.1. The topological polar surface area (TPSA) is 102 Å². The van der Waals surface area contributed by atoms with Crippen molar-refractivity contribution < 1.29 is 23.9 Å². The Labute approximate surface area is 180 Å². The molecule has 0 bridgehead atoms. The van der Waals surface area contributed by atoms with Gasteiger partial charge in [-0.25, -0.2) is 24.2 Å². The molecule has 8 nitrogen and oxygen atoms in total. The lowest BCUT2D eigenvalue weighted by atomic mass is 10.0. The largest absolute Gasteiger partial charge is 0.507 e. The SMILES string of the molecule is O=C(CN1CCN(c2ncnc3c(F)c(-c4c(O)cccc4F)c(Cl)cc23)CC1)NO. The lowest BCUT2D eigenvalue weighted by molar-refractivity contribution is -0.130. The molecule has 31 heavy (non-hydrogen) atoms. The normalized spacial score (nSPS) is 14.8. The molecule has 2 heterocycles. The summed E-state index contributed by atoms with van der Waals surface area (Å²) in [5.74, 6) is -2.14. The van der Waals surface area contributed by atoms with E-state index >= 15 is 4.39 Å². The number of amides is 1. The van der Waals surface area contributed by atoms with Gasteiger partial charge in [-0.05, 0) is 18.2 Å². The van der Waals surface area contributed by atoms with Gasteiger partial charge in [-0.2, -0.15) is 0 Å². The number of piperazine rings is 1. The fourth-order valence-corrected chi connectivity index (χ4v) is 4.00. The van der Waals surface area contributed by atoms with E-state index < -0.39 is 23.3 Å². The van der Waals surface area contributed by atoms with Crippen LogP contribution in [0.1, 0.15) is 0 Å². The zero-order valence-corrected chi connectivity index (χ0v) is 16.9. The lowest BCUT2D eigenvalue weighted by Gasteiger charge is -2.35.